The summed E-state index contributed by atoms with van der Waals surface area (Å²) in [5.74, 6) is 0.313. The van der Waals surface area contributed by atoms with Gasteiger partial charge in [-0.3, -0.25) is 10.0 Å². The van der Waals surface area contributed by atoms with Crippen LogP contribution in [0.2, 0.25) is 0 Å². The first kappa shape index (κ1) is 19.1. The molecule has 0 fully saturated rings. The standard InChI is InChI=1S/C16H17BrN2O5S/c1-3-24-16(20)18-14-10-11(8-9-15(14)23-2)25(21,22)19-13-7-5-4-6-12(13)17/h4-10,19H,3H2,1-2H3,(H,18,20). The molecule has 25 heavy (non-hydrogen) atoms. The molecule has 1 amide bonds. The molecule has 0 saturated carbocycles. The Kier molecular flexibility index (Phi) is 6.27. The van der Waals surface area contributed by atoms with E-state index in [1.54, 1.807) is 31.2 Å². The largest absolute Gasteiger partial charge is 0.495 e. The van der Waals surface area contributed by atoms with E-state index in [0.29, 0.717) is 15.9 Å². The number of hydrogen-bond acceptors (Lipinski definition) is 5. The number of halogens is 1. The number of nitrogens with one attached hydrogen (secondary N) is 2. The van der Waals surface area contributed by atoms with Crippen molar-refractivity contribution in [3.63, 3.8) is 0 Å². The first-order chi connectivity index (χ1) is 11.9. The third-order valence-corrected chi connectivity index (χ3v) is 5.17. The monoisotopic (exact) mass is 428 g/mol. The Morgan fingerprint density at radius 2 is 1.88 bits per heavy atom. The van der Waals surface area contributed by atoms with Crippen LogP contribution in [0.5, 0.6) is 5.75 Å². The number of carbonyl (C=O) groups excluding carboxylic acids is 1. The third-order valence-electron chi connectivity index (χ3n) is 3.11. The molecule has 0 aromatic heterocycles. The maximum absolute atomic E-state index is 12.6. The molecule has 0 spiro atoms. The number of para-hydroxylation sites is 1. The normalized spacial score (nSPS) is 10.8. The number of methoxy groups -OCH3 is 1. The fraction of sp³-hybridized carbons (Fsp3) is 0.188. The molecule has 0 saturated heterocycles. The average molecular weight is 429 g/mol. The van der Waals surface area contributed by atoms with Crippen LogP contribution in [-0.2, 0) is 14.8 Å². The lowest BCUT2D eigenvalue weighted by Crippen LogP contribution is -2.16. The quantitative estimate of drug-likeness (QED) is 0.728. The van der Waals surface area contributed by atoms with E-state index in [-0.39, 0.29) is 17.2 Å². The van der Waals surface area contributed by atoms with E-state index in [4.69, 9.17) is 9.47 Å². The fourth-order valence-electron chi connectivity index (χ4n) is 1.98. The van der Waals surface area contributed by atoms with Crippen molar-refractivity contribution in [1.82, 2.24) is 0 Å². The smallest absolute Gasteiger partial charge is 0.411 e. The zero-order valence-corrected chi connectivity index (χ0v) is 16.0. The zero-order chi connectivity index (χ0) is 18.4. The van der Waals surface area contributed by atoms with Crippen molar-refractivity contribution >= 4 is 43.4 Å². The molecule has 0 radical (unpaired) electrons. The molecule has 0 bridgehead atoms. The topological polar surface area (TPSA) is 93.7 Å². The zero-order valence-electron chi connectivity index (χ0n) is 13.6. The van der Waals surface area contributed by atoms with Gasteiger partial charge in [0, 0.05) is 4.47 Å². The average Bonchev–Trinajstić information content (AvgIpc) is 2.57. The van der Waals surface area contributed by atoms with Crippen LogP contribution >= 0.6 is 15.9 Å². The van der Waals surface area contributed by atoms with Crippen molar-refractivity contribution in [1.29, 1.82) is 0 Å². The van der Waals surface area contributed by atoms with Gasteiger partial charge in [0.05, 0.1) is 30.0 Å². The van der Waals surface area contributed by atoms with Crippen LogP contribution in [0.3, 0.4) is 0 Å². The molecule has 0 aliphatic heterocycles. The summed E-state index contributed by atoms with van der Waals surface area (Å²) in [4.78, 5) is 11.6. The maximum Gasteiger partial charge on any atom is 0.411 e. The van der Waals surface area contributed by atoms with Crippen LogP contribution in [0.1, 0.15) is 6.92 Å². The molecule has 0 unspecified atom stereocenters. The number of benzene rings is 2. The molecule has 2 rings (SSSR count). The van der Waals surface area contributed by atoms with Crippen LogP contribution in [0.4, 0.5) is 16.2 Å². The van der Waals surface area contributed by atoms with Crippen molar-refractivity contribution in [3.8, 4) is 5.75 Å². The highest BCUT2D eigenvalue weighted by Gasteiger charge is 2.19. The number of amides is 1. The summed E-state index contributed by atoms with van der Waals surface area (Å²) in [6, 6.07) is 11.0. The maximum atomic E-state index is 12.6. The van der Waals surface area contributed by atoms with Gasteiger partial charge < -0.3 is 9.47 Å². The molecule has 0 heterocycles. The van der Waals surface area contributed by atoms with E-state index in [2.05, 4.69) is 26.0 Å². The second kappa shape index (κ2) is 8.21. The lowest BCUT2D eigenvalue weighted by molar-refractivity contribution is 0.168. The number of hydrogen-bond donors (Lipinski definition) is 2. The van der Waals surface area contributed by atoms with Gasteiger partial charge in [0.1, 0.15) is 5.75 Å². The van der Waals surface area contributed by atoms with E-state index in [9.17, 15) is 13.2 Å². The Morgan fingerprint density at radius 3 is 2.52 bits per heavy atom. The van der Waals surface area contributed by atoms with E-state index >= 15 is 0 Å². The van der Waals surface area contributed by atoms with Crippen LogP contribution in [-0.4, -0.2) is 28.2 Å². The van der Waals surface area contributed by atoms with Gasteiger partial charge in [-0.2, -0.15) is 0 Å². The van der Waals surface area contributed by atoms with Gasteiger partial charge in [-0.1, -0.05) is 12.1 Å². The minimum absolute atomic E-state index is 0.0316. The lowest BCUT2D eigenvalue weighted by atomic mass is 10.3. The van der Waals surface area contributed by atoms with Gasteiger partial charge in [-0.15, -0.1) is 0 Å². The van der Waals surface area contributed by atoms with E-state index < -0.39 is 16.1 Å². The molecule has 134 valence electrons. The van der Waals surface area contributed by atoms with Crippen LogP contribution in [0, 0.1) is 0 Å². The number of rotatable bonds is 6. The minimum Gasteiger partial charge on any atom is -0.495 e. The van der Waals surface area contributed by atoms with Crippen molar-refractivity contribution in [2.75, 3.05) is 23.8 Å². The fourth-order valence-corrected chi connectivity index (χ4v) is 3.60. The highest BCUT2D eigenvalue weighted by molar-refractivity contribution is 9.10. The molecule has 2 N–H and O–H groups in total. The molecule has 2 aromatic carbocycles. The Labute approximate surface area is 154 Å². The Morgan fingerprint density at radius 1 is 1.16 bits per heavy atom. The summed E-state index contributed by atoms with van der Waals surface area (Å²) in [7, 11) is -2.44. The molecule has 0 aliphatic rings. The van der Waals surface area contributed by atoms with Gasteiger partial charge >= 0.3 is 6.09 Å². The minimum atomic E-state index is -3.86. The summed E-state index contributed by atoms with van der Waals surface area (Å²) in [6.07, 6.45) is -0.700. The van der Waals surface area contributed by atoms with Crippen LogP contribution < -0.4 is 14.8 Å². The van der Waals surface area contributed by atoms with Crippen molar-refractivity contribution in [2.24, 2.45) is 0 Å². The van der Waals surface area contributed by atoms with Crippen molar-refractivity contribution in [3.05, 3.63) is 46.9 Å². The first-order valence-corrected chi connectivity index (χ1v) is 9.54. The highest BCUT2D eigenvalue weighted by atomic mass is 79.9. The van der Waals surface area contributed by atoms with E-state index in [1.165, 1.54) is 25.3 Å². The number of carbonyl (C=O) groups is 1. The predicted octanol–water partition coefficient (Wildman–Crippen LogP) is 3.83. The molecule has 0 atom stereocenters. The summed E-state index contributed by atoms with van der Waals surface area (Å²) >= 11 is 3.29. The Hall–Kier alpha value is -2.26. The van der Waals surface area contributed by atoms with Gasteiger partial charge in [0.15, 0.2) is 0 Å². The third kappa shape index (κ3) is 4.86. The van der Waals surface area contributed by atoms with Crippen molar-refractivity contribution < 1.29 is 22.7 Å². The van der Waals surface area contributed by atoms with E-state index in [1.807, 2.05) is 0 Å². The summed E-state index contributed by atoms with van der Waals surface area (Å²) in [6.45, 7) is 1.86. The lowest BCUT2D eigenvalue weighted by Gasteiger charge is -2.13. The van der Waals surface area contributed by atoms with Gasteiger partial charge in [0.2, 0.25) is 0 Å². The predicted molar refractivity (Wildman–Crippen MR) is 98.6 cm³/mol. The van der Waals surface area contributed by atoms with Gasteiger partial charge in [-0.05, 0) is 53.2 Å². The van der Waals surface area contributed by atoms with Crippen molar-refractivity contribution in [2.45, 2.75) is 11.8 Å². The van der Waals surface area contributed by atoms with Gasteiger partial charge in [0.25, 0.3) is 10.0 Å². The molecule has 0 aliphatic carbocycles. The van der Waals surface area contributed by atoms with Crippen LogP contribution in [0.25, 0.3) is 0 Å². The second-order valence-electron chi connectivity index (χ2n) is 4.79. The van der Waals surface area contributed by atoms with E-state index in [0.717, 1.165) is 0 Å². The SMILES string of the molecule is CCOC(=O)Nc1cc(S(=O)(=O)Nc2ccccc2Br)ccc1OC. The molecular formula is C16H17BrN2O5S. The molecule has 2 aromatic rings. The Bertz CT molecular complexity index is 871. The van der Waals surface area contributed by atoms with Gasteiger partial charge in [-0.25, -0.2) is 13.2 Å². The summed E-state index contributed by atoms with van der Waals surface area (Å²) in [5, 5.41) is 2.46. The number of anilines is 2. The highest BCUT2D eigenvalue weighted by Crippen LogP contribution is 2.30. The summed E-state index contributed by atoms with van der Waals surface area (Å²) < 4.78 is 38.2. The van der Waals surface area contributed by atoms with Crippen LogP contribution in [0.15, 0.2) is 51.8 Å². The summed E-state index contributed by atoms with van der Waals surface area (Å²) in [5.41, 5.74) is 0.592. The number of sulfonamides is 1. The number of ether oxygens (including phenoxy) is 2. The first-order valence-electron chi connectivity index (χ1n) is 7.26. The molecule has 7 nitrogen and oxygen atoms in total. The molecule has 9 heteroatoms. The molecular weight excluding hydrogens is 412 g/mol. The second-order valence-corrected chi connectivity index (χ2v) is 7.33. The Balaban J connectivity index is 2.34.